The van der Waals surface area contributed by atoms with Gasteiger partial charge in [0.2, 0.25) is 0 Å². The van der Waals surface area contributed by atoms with Gasteiger partial charge in [-0.05, 0) is 20.8 Å². The molecule has 0 aliphatic carbocycles. The molecule has 0 fully saturated rings. The van der Waals surface area contributed by atoms with Crippen molar-refractivity contribution in [3.05, 3.63) is 22.5 Å². The Morgan fingerprint density at radius 3 is 2.72 bits per heavy atom. The highest BCUT2D eigenvalue weighted by Crippen LogP contribution is 2.25. The van der Waals surface area contributed by atoms with Gasteiger partial charge in [-0.25, -0.2) is 4.98 Å². The fourth-order valence-corrected chi connectivity index (χ4v) is 3.15. The van der Waals surface area contributed by atoms with Crippen LogP contribution in [0, 0.1) is 6.92 Å². The van der Waals surface area contributed by atoms with Crippen LogP contribution in [-0.4, -0.2) is 33.3 Å². The standard InChI is InChI=1S/C12H18N4OS/c1-4-15(5-2)11(17)10-8(3)16-9(6-13)7-14-12(16)18-10/h7H,4-6,13H2,1-3H3. The topological polar surface area (TPSA) is 63.6 Å². The second-order valence-electron chi connectivity index (χ2n) is 4.07. The number of carbonyl (C=O) groups is 1. The van der Waals surface area contributed by atoms with Gasteiger partial charge in [-0.1, -0.05) is 11.3 Å². The van der Waals surface area contributed by atoms with Crippen LogP contribution in [0.5, 0.6) is 0 Å². The van der Waals surface area contributed by atoms with Gasteiger partial charge < -0.3 is 10.6 Å². The Morgan fingerprint density at radius 2 is 2.17 bits per heavy atom. The molecule has 2 rings (SSSR count). The van der Waals surface area contributed by atoms with Crippen molar-refractivity contribution in [2.75, 3.05) is 13.1 Å². The highest BCUT2D eigenvalue weighted by molar-refractivity contribution is 7.19. The van der Waals surface area contributed by atoms with Crippen molar-refractivity contribution >= 4 is 22.2 Å². The smallest absolute Gasteiger partial charge is 0.265 e. The summed E-state index contributed by atoms with van der Waals surface area (Å²) in [5.74, 6) is 0.0796. The lowest BCUT2D eigenvalue weighted by atomic mass is 10.3. The molecule has 6 heteroatoms. The van der Waals surface area contributed by atoms with Crippen LogP contribution in [0.4, 0.5) is 0 Å². The van der Waals surface area contributed by atoms with E-state index >= 15 is 0 Å². The third-order valence-electron chi connectivity index (χ3n) is 3.11. The third kappa shape index (κ3) is 1.91. The first-order valence-electron chi connectivity index (χ1n) is 6.09. The van der Waals surface area contributed by atoms with Crippen molar-refractivity contribution in [1.29, 1.82) is 0 Å². The molecule has 0 aromatic carbocycles. The zero-order valence-corrected chi connectivity index (χ0v) is 11.8. The van der Waals surface area contributed by atoms with Crippen LogP contribution in [0.1, 0.15) is 34.9 Å². The van der Waals surface area contributed by atoms with Crippen LogP contribution in [0.3, 0.4) is 0 Å². The van der Waals surface area contributed by atoms with Gasteiger partial charge >= 0.3 is 0 Å². The van der Waals surface area contributed by atoms with E-state index in [9.17, 15) is 4.79 Å². The van der Waals surface area contributed by atoms with E-state index in [0.717, 1.165) is 34.3 Å². The van der Waals surface area contributed by atoms with E-state index < -0.39 is 0 Å². The maximum atomic E-state index is 12.4. The number of imidazole rings is 1. The number of rotatable bonds is 4. The molecule has 0 unspecified atom stereocenters. The van der Waals surface area contributed by atoms with E-state index in [2.05, 4.69) is 4.98 Å². The Kier molecular flexibility index (Phi) is 3.68. The minimum atomic E-state index is 0.0796. The Balaban J connectivity index is 2.49. The fourth-order valence-electron chi connectivity index (χ4n) is 2.06. The number of nitrogens with zero attached hydrogens (tertiary/aromatic N) is 3. The molecular weight excluding hydrogens is 248 g/mol. The predicted octanol–water partition coefficient (Wildman–Crippen LogP) is 1.64. The fraction of sp³-hybridized carbons (Fsp3) is 0.500. The number of carbonyl (C=O) groups excluding carboxylic acids is 1. The second kappa shape index (κ2) is 5.07. The van der Waals surface area contributed by atoms with E-state index in [1.54, 1.807) is 6.20 Å². The second-order valence-corrected chi connectivity index (χ2v) is 5.04. The molecule has 2 aromatic rings. The molecule has 0 atom stereocenters. The molecule has 0 radical (unpaired) electrons. The number of aryl methyl sites for hydroxylation is 1. The van der Waals surface area contributed by atoms with Crippen LogP contribution in [-0.2, 0) is 6.54 Å². The number of hydrogen-bond acceptors (Lipinski definition) is 4. The van der Waals surface area contributed by atoms with Crippen molar-refractivity contribution in [1.82, 2.24) is 14.3 Å². The van der Waals surface area contributed by atoms with Crippen molar-refractivity contribution in [2.24, 2.45) is 5.73 Å². The number of fused-ring (bicyclic) bond motifs is 1. The average Bonchev–Trinajstić information content (AvgIpc) is 2.91. The molecule has 0 saturated carbocycles. The molecule has 2 N–H and O–H groups in total. The first kappa shape index (κ1) is 13.0. The summed E-state index contributed by atoms with van der Waals surface area (Å²) >= 11 is 1.43. The van der Waals surface area contributed by atoms with Gasteiger partial charge in [0.25, 0.3) is 5.91 Å². The van der Waals surface area contributed by atoms with E-state index in [1.807, 2.05) is 30.1 Å². The summed E-state index contributed by atoms with van der Waals surface area (Å²) in [6, 6.07) is 0. The summed E-state index contributed by atoms with van der Waals surface area (Å²) in [5.41, 5.74) is 7.55. The average molecular weight is 266 g/mol. The van der Waals surface area contributed by atoms with Crippen LogP contribution in [0.2, 0.25) is 0 Å². The molecule has 0 aliphatic heterocycles. The normalized spacial score (nSPS) is 11.1. The SMILES string of the molecule is CCN(CC)C(=O)c1sc2ncc(CN)n2c1C. The minimum absolute atomic E-state index is 0.0796. The maximum Gasteiger partial charge on any atom is 0.265 e. The van der Waals surface area contributed by atoms with E-state index in [-0.39, 0.29) is 5.91 Å². The van der Waals surface area contributed by atoms with Crippen molar-refractivity contribution < 1.29 is 4.79 Å². The molecule has 98 valence electrons. The highest BCUT2D eigenvalue weighted by Gasteiger charge is 2.21. The Morgan fingerprint density at radius 1 is 1.50 bits per heavy atom. The van der Waals surface area contributed by atoms with E-state index in [4.69, 9.17) is 5.73 Å². The monoisotopic (exact) mass is 266 g/mol. The number of thiazole rings is 1. The summed E-state index contributed by atoms with van der Waals surface area (Å²) in [5, 5.41) is 0. The van der Waals surface area contributed by atoms with Crippen LogP contribution < -0.4 is 5.73 Å². The summed E-state index contributed by atoms with van der Waals surface area (Å²) < 4.78 is 1.97. The van der Waals surface area contributed by atoms with Crippen LogP contribution in [0.15, 0.2) is 6.20 Å². The Labute approximate surface area is 110 Å². The molecule has 2 aromatic heterocycles. The number of hydrogen-bond donors (Lipinski definition) is 1. The Hall–Kier alpha value is -1.40. The maximum absolute atomic E-state index is 12.4. The van der Waals surface area contributed by atoms with Gasteiger partial charge in [0.15, 0.2) is 4.96 Å². The summed E-state index contributed by atoms with van der Waals surface area (Å²) in [4.78, 5) is 20.1. The van der Waals surface area contributed by atoms with Gasteiger partial charge in [-0.3, -0.25) is 9.20 Å². The minimum Gasteiger partial charge on any atom is -0.338 e. The van der Waals surface area contributed by atoms with Crippen LogP contribution in [0.25, 0.3) is 4.96 Å². The lowest BCUT2D eigenvalue weighted by Crippen LogP contribution is -2.30. The highest BCUT2D eigenvalue weighted by atomic mass is 32.1. The van der Waals surface area contributed by atoms with E-state index in [0.29, 0.717) is 6.54 Å². The van der Waals surface area contributed by atoms with Gasteiger partial charge in [0.05, 0.1) is 11.9 Å². The quantitative estimate of drug-likeness (QED) is 0.915. The molecule has 0 saturated heterocycles. The molecular formula is C12H18N4OS. The Bertz CT molecular complexity index is 568. The first-order chi connectivity index (χ1) is 8.63. The van der Waals surface area contributed by atoms with Gasteiger partial charge in [-0.2, -0.15) is 0 Å². The molecule has 0 spiro atoms. The van der Waals surface area contributed by atoms with Crippen molar-refractivity contribution in [3.63, 3.8) is 0 Å². The first-order valence-corrected chi connectivity index (χ1v) is 6.90. The molecule has 2 heterocycles. The molecule has 18 heavy (non-hydrogen) atoms. The zero-order chi connectivity index (χ0) is 13.3. The van der Waals surface area contributed by atoms with Gasteiger partial charge in [0.1, 0.15) is 4.88 Å². The summed E-state index contributed by atoms with van der Waals surface area (Å²) in [6.45, 7) is 7.79. The number of aromatic nitrogens is 2. The van der Waals surface area contributed by atoms with Crippen molar-refractivity contribution in [2.45, 2.75) is 27.3 Å². The molecule has 0 aliphatic rings. The molecule has 1 amide bonds. The lowest BCUT2D eigenvalue weighted by Gasteiger charge is -2.17. The lowest BCUT2D eigenvalue weighted by molar-refractivity contribution is 0.0776. The van der Waals surface area contributed by atoms with E-state index in [1.165, 1.54) is 11.3 Å². The van der Waals surface area contributed by atoms with Gasteiger partial charge in [-0.15, -0.1) is 0 Å². The summed E-state index contributed by atoms with van der Waals surface area (Å²) in [6.07, 6.45) is 1.77. The zero-order valence-electron chi connectivity index (χ0n) is 10.9. The predicted molar refractivity (Wildman–Crippen MR) is 72.9 cm³/mol. The molecule has 5 nitrogen and oxygen atoms in total. The van der Waals surface area contributed by atoms with Crippen LogP contribution >= 0.6 is 11.3 Å². The summed E-state index contributed by atoms with van der Waals surface area (Å²) in [7, 11) is 0. The van der Waals surface area contributed by atoms with Crippen molar-refractivity contribution in [3.8, 4) is 0 Å². The molecule has 0 bridgehead atoms. The van der Waals surface area contributed by atoms with Gasteiger partial charge in [0, 0.05) is 25.3 Å². The number of amides is 1. The third-order valence-corrected chi connectivity index (χ3v) is 4.26. The largest absolute Gasteiger partial charge is 0.338 e. The number of nitrogens with two attached hydrogens (primary N) is 1.